The molecule has 0 saturated carbocycles. The third-order valence-electron chi connectivity index (χ3n) is 1.41. The van der Waals surface area contributed by atoms with Crippen LogP contribution in [0.1, 0.15) is 25.6 Å². The molecule has 11 heavy (non-hydrogen) atoms. The third-order valence-corrected chi connectivity index (χ3v) is 1.41. The molecule has 0 radical (unpaired) electrons. The fraction of sp³-hybridized carbons (Fsp3) is 0.222. The quantitative estimate of drug-likeness (QED) is 0.670. The van der Waals surface area contributed by atoms with Crippen LogP contribution in [0.4, 0.5) is 0 Å². The molecular formula is C9H10O2. The molecule has 2 nitrogen and oxygen atoms in total. The van der Waals surface area contributed by atoms with Crippen LogP contribution in [-0.4, -0.2) is 11.1 Å². The van der Waals surface area contributed by atoms with Gasteiger partial charge >= 0.3 is 5.97 Å². The van der Waals surface area contributed by atoms with Crippen molar-refractivity contribution in [2.45, 2.75) is 13.8 Å². The molecule has 2 heteroatoms. The molecule has 0 aliphatic heterocycles. The lowest BCUT2D eigenvalue weighted by Gasteiger charge is -2.00. The van der Waals surface area contributed by atoms with Gasteiger partial charge < -0.3 is 5.11 Å². The Morgan fingerprint density at radius 3 is 2.91 bits per heavy atom. The summed E-state index contributed by atoms with van der Waals surface area (Å²) < 4.78 is 21.5. The first kappa shape index (κ1) is 4.54. The highest BCUT2D eigenvalue weighted by Gasteiger charge is 2.04. The molecule has 1 aromatic rings. The zero-order chi connectivity index (χ0) is 10.9. The summed E-state index contributed by atoms with van der Waals surface area (Å²) in [7, 11) is 0. The highest BCUT2D eigenvalue weighted by molar-refractivity contribution is 5.89. The second-order valence-corrected chi connectivity index (χ2v) is 2.35. The molecule has 0 aromatic heterocycles. The van der Waals surface area contributed by atoms with Crippen molar-refractivity contribution in [3.05, 3.63) is 34.9 Å². The number of rotatable bonds is 1. The predicted octanol–water partition coefficient (Wildman–Crippen LogP) is 2.00. The predicted molar refractivity (Wildman–Crippen MR) is 42.9 cm³/mol. The average molecular weight is 153 g/mol. The van der Waals surface area contributed by atoms with Gasteiger partial charge in [0.2, 0.25) is 0 Å². The van der Waals surface area contributed by atoms with E-state index in [1.807, 2.05) is 0 Å². The van der Waals surface area contributed by atoms with Crippen LogP contribution in [0.5, 0.6) is 0 Å². The first-order valence-electron chi connectivity index (χ1n) is 4.67. The lowest BCUT2D eigenvalue weighted by atomic mass is 10.1. The number of benzene rings is 1. The smallest absolute Gasteiger partial charge is 0.335 e. The first-order chi connectivity index (χ1) is 6.32. The van der Waals surface area contributed by atoms with Gasteiger partial charge in [-0.15, -0.1) is 0 Å². The van der Waals surface area contributed by atoms with Gasteiger partial charge in [0, 0.05) is 4.11 Å². The molecular weight excluding hydrogens is 140 g/mol. The monoisotopic (exact) mass is 153 g/mol. The summed E-state index contributed by atoms with van der Waals surface area (Å²) in [6.45, 7) is -0.652. The molecule has 0 amide bonds. The Kier molecular flexibility index (Phi) is 1.13. The van der Waals surface area contributed by atoms with E-state index >= 15 is 0 Å². The molecule has 58 valence electrons. The number of aryl methyl sites for hydroxylation is 2. The van der Waals surface area contributed by atoms with Gasteiger partial charge in [-0.05, 0) is 25.4 Å². The van der Waals surface area contributed by atoms with Crippen molar-refractivity contribution in [2.24, 2.45) is 0 Å². The fourth-order valence-corrected chi connectivity index (χ4v) is 0.845. The largest absolute Gasteiger partial charge is 0.478 e. The molecule has 1 rings (SSSR count). The summed E-state index contributed by atoms with van der Waals surface area (Å²) in [4.78, 5) is 10.7. The number of hydrogen-bond acceptors (Lipinski definition) is 1. The molecule has 0 fully saturated rings. The molecule has 0 heterocycles. The van der Waals surface area contributed by atoms with E-state index in [2.05, 4.69) is 0 Å². The number of carboxylic acid groups (broad SMARTS) is 1. The Labute approximate surface area is 69.7 Å². The standard InChI is InChI=1S/C9H10O2/c1-6-3-4-8(9(10)11)7(2)5-6/h3-5H,1-2H3,(H,10,11)/i2D3. The van der Waals surface area contributed by atoms with Gasteiger partial charge in [0.1, 0.15) is 0 Å². The topological polar surface area (TPSA) is 37.3 Å². The first-order valence-corrected chi connectivity index (χ1v) is 3.17. The van der Waals surface area contributed by atoms with Crippen LogP contribution in [0.2, 0.25) is 0 Å². The van der Waals surface area contributed by atoms with Crippen LogP contribution < -0.4 is 0 Å². The second-order valence-electron chi connectivity index (χ2n) is 2.35. The summed E-state index contributed by atoms with van der Waals surface area (Å²) >= 11 is 0. The van der Waals surface area contributed by atoms with Crippen molar-refractivity contribution in [3.63, 3.8) is 0 Å². The summed E-state index contributed by atoms with van der Waals surface area (Å²) in [5.74, 6) is -1.21. The average Bonchev–Trinajstić information content (AvgIpc) is 2.01. The lowest BCUT2D eigenvalue weighted by Crippen LogP contribution is -1.99. The third kappa shape index (κ3) is 1.58. The van der Waals surface area contributed by atoms with E-state index in [1.165, 1.54) is 12.1 Å². The molecule has 0 bridgehead atoms. The van der Waals surface area contributed by atoms with Gasteiger partial charge in [-0.1, -0.05) is 17.7 Å². The number of carbonyl (C=O) groups is 1. The van der Waals surface area contributed by atoms with E-state index in [4.69, 9.17) is 9.22 Å². The van der Waals surface area contributed by atoms with Gasteiger partial charge in [-0.2, -0.15) is 0 Å². The maximum absolute atomic E-state index is 10.7. The number of carboxylic acids is 1. The van der Waals surface area contributed by atoms with Crippen molar-refractivity contribution in [1.29, 1.82) is 0 Å². The maximum Gasteiger partial charge on any atom is 0.335 e. The molecule has 0 saturated heterocycles. The Balaban J connectivity index is 3.38. The minimum atomic E-state index is -2.38. The van der Waals surface area contributed by atoms with E-state index in [-0.39, 0.29) is 11.1 Å². The lowest BCUT2D eigenvalue weighted by molar-refractivity contribution is 0.0696. The van der Waals surface area contributed by atoms with E-state index in [0.717, 1.165) is 5.56 Å². The van der Waals surface area contributed by atoms with Crippen molar-refractivity contribution in [1.82, 2.24) is 0 Å². The second kappa shape index (κ2) is 2.74. The van der Waals surface area contributed by atoms with Gasteiger partial charge in [-0.25, -0.2) is 4.79 Å². The van der Waals surface area contributed by atoms with Crippen LogP contribution in [0.3, 0.4) is 0 Å². The van der Waals surface area contributed by atoms with Crippen molar-refractivity contribution >= 4 is 5.97 Å². The van der Waals surface area contributed by atoms with E-state index in [9.17, 15) is 4.79 Å². The Hall–Kier alpha value is -1.31. The Morgan fingerprint density at radius 1 is 1.64 bits per heavy atom. The van der Waals surface area contributed by atoms with Crippen LogP contribution in [0, 0.1) is 13.8 Å². The minimum Gasteiger partial charge on any atom is -0.478 e. The minimum absolute atomic E-state index is 0.106. The highest BCUT2D eigenvalue weighted by atomic mass is 16.4. The molecule has 0 atom stereocenters. The van der Waals surface area contributed by atoms with Crippen LogP contribution >= 0.6 is 0 Å². The van der Waals surface area contributed by atoms with Crippen molar-refractivity contribution in [2.75, 3.05) is 0 Å². The molecule has 0 aliphatic rings. The summed E-state index contributed by atoms with van der Waals surface area (Å²) in [6.07, 6.45) is 0. The van der Waals surface area contributed by atoms with Gasteiger partial charge in [0.15, 0.2) is 0 Å². The Bertz CT molecular complexity index is 369. The van der Waals surface area contributed by atoms with E-state index < -0.39 is 12.8 Å². The molecule has 0 spiro atoms. The van der Waals surface area contributed by atoms with Crippen molar-refractivity contribution < 1.29 is 14.0 Å². The maximum atomic E-state index is 10.7. The van der Waals surface area contributed by atoms with Gasteiger partial charge in [0.25, 0.3) is 0 Å². The summed E-state index contributed by atoms with van der Waals surface area (Å²) in [5.41, 5.74) is 0.474. The molecule has 0 aliphatic carbocycles. The summed E-state index contributed by atoms with van der Waals surface area (Å²) in [6, 6.07) is 4.29. The van der Waals surface area contributed by atoms with Crippen molar-refractivity contribution in [3.8, 4) is 0 Å². The zero-order valence-corrected chi connectivity index (χ0v) is 6.09. The van der Waals surface area contributed by atoms with E-state index in [0.29, 0.717) is 0 Å². The Morgan fingerprint density at radius 2 is 2.36 bits per heavy atom. The summed E-state index contributed by atoms with van der Waals surface area (Å²) in [5, 5.41) is 8.77. The van der Waals surface area contributed by atoms with E-state index in [1.54, 1.807) is 13.0 Å². The highest BCUT2D eigenvalue weighted by Crippen LogP contribution is 2.09. The normalized spacial score (nSPS) is 14.8. The zero-order valence-electron chi connectivity index (χ0n) is 9.09. The van der Waals surface area contributed by atoms with Gasteiger partial charge in [-0.3, -0.25) is 0 Å². The molecule has 1 N–H and O–H groups in total. The fourth-order valence-electron chi connectivity index (χ4n) is 0.845. The van der Waals surface area contributed by atoms with Crippen LogP contribution in [0.25, 0.3) is 0 Å². The molecule has 1 aromatic carbocycles. The van der Waals surface area contributed by atoms with Crippen LogP contribution in [-0.2, 0) is 0 Å². The van der Waals surface area contributed by atoms with Crippen LogP contribution in [0.15, 0.2) is 18.2 Å². The number of hydrogen-bond donors (Lipinski definition) is 1. The number of aromatic carboxylic acids is 1. The van der Waals surface area contributed by atoms with Gasteiger partial charge in [0.05, 0.1) is 5.56 Å². The molecule has 0 unspecified atom stereocenters. The SMILES string of the molecule is [2H]C([2H])([2H])c1cc(C)ccc1C(=O)O.